The molecule has 0 bridgehead atoms. The molecule has 1 aliphatic rings. The van der Waals surface area contributed by atoms with Crippen LogP contribution < -0.4 is 0 Å². The normalized spacial score (nSPS) is 14.9. The van der Waals surface area contributed by atoms with Gasteiger partial charge in [-0.25, -0.2) is 0 Å². The van der Waals surface area contributed by atoms with Gasteiger partial charge in [0, 0.05) is 41.3 Å². The summed E-state index contributed by atoms with van der Waals surface area (Å²) in [5.74, 6) is -0.298. The van der Waals surface area contributed by atoms with Crippen LogP contribution in [0.4, 0.5) is 10.5 Å². The van der Waals surface area contributed by atoms with Gasteiger partial charge in [0.1, 0.15) is 0 Å². The van der Waals surface area contributed by atoms with Crippen LogP contribution in [0.25, 0.3) is 17.0 Å². The van der Waals surface area contributed by atoms with Gasteiger partial charge in [-0.05, 0) is 42.0 Å². The highest BCUT2D eigenvalue weighted by molar-refractivity contribution is 8.18. The Labute approximate surface area is 205 Å². The van der Waals surface area contributed by atoms with E-state index in [1.165, 1.54) is 17.0 Å². The number of hydrogen-bond acceptors (Lipinski definition) is 5. The average Bonchev–Trinajstić information content (AvgIpc) is 3.32. The van der Waals surface area contributed by atoms with E-state index in [-0.39, 0.29) is 23.4 Å². The summed E-state index contributed by atoms with van der Waals surface area (Å²) in [6.45, 7) is 2.75. The van der Waals surface area contributed by atoms with E-state index in [0.717, 1.165) is 44.9 Å². The predicted molar refractivity (Wildman–Crippen MR) is 137 cm³/mol. The van der Waals surface area contributed by atoms with Gasteiger partial charge in [-0.15, -0.1) is 0 Å². The lowest BCUT2D eigenvalue weighted by atomic mass is 10.1. The SMILES string of the molecule is Cc1ccc(CN2C(=O)S/C(=C\c3cn(Cc4ccc([N+](=O)[O-])cc4)c4ccccc34)C2=O)cc1. The lowest BCUT2D eigenvalue weighted by molar-refractivity contribution is -0.384. The number of fused-ring (bicyclic) bond motifs is 1. The number of thioether (sulfide) groups is 1. The number of hydrogen-bond donors (Lipinski definition) is 0. The number of non-ortho nitro benzene ring substituents is 1. The van der Waals surface area contributed by atoms with Crippen molar-refractivity contribution < 1.29 is 14.5 Å². The van der Waals surface area contributed by atoms with Crippen molar-refractivity contribution in [2.75, 3.05) is 0 Å². The molecule has 0 spiro atoms. The molecular formula is C27H21N3O4S. The van der Waals surface area contributed by atoms with Gasteiger partial charge < -0.3 is 4.57 Å². The molecule has 35 heavy (non-hydrogen) atoms. The molecule has 1 saturated heterocycles. The third-order valence-electron chi connectivity index (χ3n) is 5.94. The zero-order valence-corrected chi connectivity index (χ0v) is 19.7. The Balaban J connectivity index is 1.43. The Kier molecular flexibility index (Phi) is 5.96. The van der Waals surface area contributed by atoms with Gasteiger partial charge in [0.05, 0.1) is 16.4 Å². The Bertz CT molecular complexity index is 1490. The number of benzene rings is 3. The van der Waals surface area contributed by atoms with Crippen LogP contribution in [-0.2, 0) is 17.9 Å². The minimum absolute atomic E-state index is 0.0492. The number of amides is 2. The van der Waals surface area contributed by atoms with Crippen LogP contribution in [-0.4, -0.2) is 25.5 Å². The van der Waals surface area contributed by atoms with E-state index in [2.05, 4.69) is 0 Å². The smallest absolute Gasteiger partial charge is 0.293 e. The Hall–Kier alpha value is -4.17. The Morgan fingerprint density at radius 3 is 2.29 bits per heavy atom. The van der Waals surface area contributed by atoms with Crippen LogP contribution in [0.15, 0.2) is 83.9 Å². The minimum Gasteiger partial charge on any atom is -0.342 e. The van der Waals surface area contributed by atoms with Gasteiger partial charge in [0.2, 0.25) is 0 Å². The summed E-state index contributed by atoms with van der Waals surface area (Å²) in [7, 11) is 0. The van der Waals surface area contributed by atoms with Gasteiger partial charge in [0.15, 0.2) is 0 Å². The highest BCUT2D eigenvalue weighted by Gasteiger charge is 2.35. The summed E-state index contributed by atoms with van der Waals surface area (Å²) >= 11 is 0.951. The number of para-hydroxylation sites is 1. The third kappa shape index (κ3) is 4.61. The fourth-order valence-corrected chi connectivity index (χ4v) is 4.92. The van der Waals surface area contributed by atoms with Crippen LogP contribution in [0.3, 0.4) is 0 Å². The molecule has 2 amide bonds. The van der Waals surface area contributed by atoms with Crippen molar-refractivity contribution in [2.45, 2.75) is 20.0 Å². The molecule has 4 aromatic rings. The lowest BCUT2D eigenvalue weighted by Gasteiger charge is -2.12. The van der Waals surface area contributed by atoms with Gasteiger partial charge in [-0.1, -0.05) is 60.2 Å². The van der Waals surface area contributed by atoms with Gasteiger partial charge >= 0.3 is 0 Å². The first-order chi connectivity index (χ1) is 16.9. The molecule has 0 radical (unpaired) electrons. The van der Waals surface area contributed by atoms with Gasteiger partial charge in [-0.3, -0.25) is 24.6 Å². The summed E-state index contributed by atoms with van der Waals surface area (Å²) in [5, 5.41) is 11.6. The third-order valence-corrected chi connectivity index (χ3v) is 6.85. The summed E-state index contributed by atoms with van der Waals surface area (Å²) < 4.78 is 2.04. The second-order valence-corrected chi connectivity index (χ2v) is 9.40. The first-order valence-electron chi connectivity index (χ1n) is 11.0. The molecule has 5 rings (SSSR count). The van der Waals surface area contributed by atoms with Crippen molar-refractivity contribution in [3.05, 3.63) is 116 Å². The number of carbonyl (C=O) groups is 2. The summed E-state index contributed by atoms with van der Waals surface area (Å²) in [6.07, 6.45) is 3.72. The fourth-order valence-electron chi connectivity index (χ4n) is 4.09. The van der Waals surface area contributed by atoms with E-state index in [1.807, 2.05) is 66.2 Å². The largest absolute Gasteiger partial charge is 0.342 e. The van der Waals surface area contributed by atoms with Crippen molar-refractivity contribution in [1.29, 1.82) is 0 Å². The number of carbonyl (C=O) groups excluding carboxylic acids is 2. The van der Waals surface area contributed by atoms with Crippen molar-refractivity contribution in [1.82, 2.24) is 9.47 Å². The second-order valence-electron chi connectivity index (χ2n) is 8.41. The monoisotopic (exact) mass is 483 g/mol. The van der Waals surface area contributed by atoms with Crippen LogP contribution in [0.1, 0.15) is 22.3 Å². The van der Waals surface area contributed by atoms with Crippen LogP contribution in [0.5, 0.6) is 0 Å². The molecule has 1 aromatic heterocycles. The number of nitro groups is 1. The Morgan fingerprint density at radius 1 is 0.914 bits per heavy atom. The number of rotatable bonds is 6. The molecule has 0 atom stereocenters. The van der Waals surface area contributed by atoms with E-state index in [1.54, 1.807) is 18.2 Å². The number of nitro benzene ring substituents is 1. The maximum absolute atomic E-state index is 13.1. The maximum Gasteiger partial charge on any atom is 0.293 e. The minimum atomic E-state index is -0.418. The molecule has 0 saturated carbocycles. The summed E-state index contributed by atoms with van der Waals surface area (Å²) in [6, 6.07) is 22.1. The number of aryl methyl sites for hydroxylation is 1. The molecular weight excluding hydrogens is 462 g/mol. The number of nitrogens with zero attached hydrogens (tertiary/aromatic N) is 3. The van der Waals surface area contributed by atoms with Crippen LogP contribution in [0, 0.1) is 17.0 Å². The summed E-state index contributed by atoms with van der Waals surface area (Å²) in [4.78, 5) is 37.9. The highest BCUT2D eigenvalue weighted by atomic mass is 32.2. The van der Waals surface area contributed by atoms with E-state index in [4.69, 9.17) is 0 Å². The molecule has 8 heteroatoms. The molecule has 0 unspecified atom stereocenters. The zero-order valence-electron chi connectivity index (χ0n) is 18.9. The van der Waals surface area contributed by atoms with E-state index >= 15 is 0 Å². The van der Waals surface area contributed by atoms with Crippen LogP contribution in [0.2, 0.25) is 0 Å². The van der Waals surface area contributed by atoms with Crippen molar-refractivity contribution in [3.63, 3.8) is 0 Å². The molecule has 0 N–H and O–H groups in total. The molecule has 0 aliphatic carbocycles. The summed E-state index contributed by atoms with van der Waals surface area (Å²) in [5.41, 5.74) is 4.79. The highest BCUT2D eigenvalue weighted by Crippen LogP contribution is 2.35. The van der Waals surface area contributed by atoms with Crippen molar-refractivity contribution in [2.24, 2.45) is 0 Å². The molecule has 2 heterocycles. The average molecular weight is 484 g/mol. The molecule has 7 nitrogen and oxygen atoms in total. The second kappa shape index (κ2) is 9.23. The van der Waals surface area contributed by atoms with Crippen molar-refractivity contribution in [3.8, 4) is 0 Å². The van der Waals surface area contributed by atoms with Gasteiger partial charge in [-0.2, -0.15) is 0 Å². The van der Waals surface area contributed by atoms with Crippen LogP contribution >= 0.6 is 11.8 Å². The maximum atomic E-state index is 13.1. The Morgan fingerprint density at radius 2 is 1.57 bits per heavy atom. The van der Waals surface area contributed by atoms with E-state index < -0.39 is 4.92 Å². The van der Waals surface area contributed by atoms with Crippen molar-refractivity contribution >= 4 is 45.6 Å². The van der Waals surface area contributed by atoms with E-state index in [0.29, 0.717) is 11.4 Å². The van der Waals surface area contributed by atoms with E-state index in [9.17, 15) is 19.7 Å². The fraction of sp³-hybridized carbons (Fsp3) is 0.111. The quantitative estimate of drug-likeness (QED) is 0.187. The first-order valence-corrected chi connectivity index (χ1v) is 11.8. The first kappa shape index (κ1) is 22.6. The molecule has 1 fully saturated rings. The number of aromatic nitrogens is 1. The molecule has 1 aliphatic heterocycles. The standard InChI is InChI=1S/C27H21N3O4S/c1-18-6-8-20(9-7-18)16-29-26(31)25(35-27(29)32)14-21-17-28(24-5-3-2-4-23(21)24)15-19-10-12-22(13-11-19)30(33)34/h2-14,17H,15-16H2,1H3/b25-14-. The zero-order chi connectivity index (χ0) is 24.5. The predicted octanol–water partition coefficient (Wildman–Crippen LogP) is 6.14. The van der Waals surface area contributed by atoms with Gasteiger partial charge in [0.25, 0.3) is 16.8 Å². The topological polar surface area (TPSA) is 85.4 Å². The lowest BCUT2D eigenvalue weighted by Crippen LogP contribution is -2.27. The number of imide groups is 1. The molecule has 174 valence electrons. The molecule has 3 aromatic carbocycles.